The van der Waals surface area contributed by atoms with E-state index in [9.17, 15) is 56.7 Å². The van der Waals surface area contributed by atoms with Crippen LogP contribution in [-0.4, -0.2) is 146 Å². The van der Waals surface area contributed by atoms with Gasteiger partial charge in [0.25, 0.3) is 6.43 Å². The molecule has 0 spiro atoms. The molecule has 1 aromatic carbocycles. The van der Waals surface area contributed by atoms with Crippen molar-refractivity contribution in [1.82, 2.24) is 26.6 Å². The Morgan fingerprint density at radius 1 is 0.808 bits per heavy atom. The van der Waals surface area contributed by atoms with Crippen molar-refractivity contribution in [2.75, 3.05) is 37.9 Å². The predicted molar refractivity (Wildman–Crippen MR) is 253 cm³/mol. The maximum atomic E-state index is 14.8. The van der Waals surface area contributed by atoms with Crippen LogP contribution in [0, 0.1) is 0 Å². The number of fused-ring (bicyclic) bond motifs is 1. The van der Waals surface area contributed by atoms with E-state index in [2.05, 4.69) is 31.9 Å². The maximum absolute atomic E-state index is 14.8. The lowest BCUT2D eigenvalue weighted by Gasteiger charge is -2.48. The molecule has 26 heteroatoms. The molecule has 9 atom stereocenters. The fourth-order valence-electron chi connectivity index (χ4n) is 8.53. The summed E-state index contributed by atoms with van der Waals surface area (Å²) in [6.07, 6.45) is -5.77. The van der Waals surface area contributed by atoms with Gasteiger partial charge in [0.2, 0.25) is 23.6 Å². The summed E-state index contributed by atoms with van der Waals surface area (Å²) in [5, 5.41) is 16.9. The first-order chi connectivity index (χ1) is 34.6. The molecule has 0 radical (unpaired) electrons. The van der Waals surface area contributed by atoms with Crippen molar-refractivity contribution in [3.05, 3.63) is 23.8 Å². The van der Waals surface area contributed by atoms with E-state index in [1.165, 1.54) is 0 Å². The Morgan fingerprint density at radius 3 is 2.07 bits per heavy atom. The Balaban J connectivity index is 1.33. The number of halogens is 2. The number of anilines is 1. The van der Waals surface area contributed by atoms with Gasteiger partial charge in [0.1, 0.15) is 24.6 Å². The first-order valence-electron chi connectivity index (χ1n) is 23.9. The lowest BCUT2D eigenvalue weighted by Crippen LogP contribution is -2.70. The van der Waals surface area contributed by atoms with Crippen molar-refractivity contribution in [2.45, 2.75) is 165 Å². The average molecular weight is 1060 g/mol. The van der Waals surface area contributed by atoms with Gasteiger partial charge in [-0.3, -0.25) is 38.4 Å². The Labute approximate surface area is 425 Å². The molecular formula is C47H66F2N6O17S. The van der Waals surface area contributed by atoms with Crippen LogP contribution < -0.4 is 36.6 Å². The molecule has 3 aliphatic heterocycles. The molecular weight excluding hydrogens is 991 g/mol. The number of amides is 6. The van der Waals surface area contributed by atoms with Crippen LogP contribution in [0.5, 0.6) is 5.75 Å². The number of esters is 5. The van der Waals surface area contributed by atoms with Gasteiger partial charge < -0.3 is 65.1 Å². The van der Waals surface area contributed by atoms with Crippen LogP contribution in [0.3, 0.4) is 0 Å². The number of unbranched alkanes of at least 4 members (excludes halogenated alkanes) is 4. The second-order valence-electron chi connectivity index (χ2n) is 17.6. The van der Waals surface area contributed by atoms with Crippen molar-refractivity contribution in [1.29, 1.82) is 0 Å². The minimum absolute atomic E-state index is 0.00312. The summed E-state index contributed by atoms with van der Waals surface area (Å²) in [4.78, 5) is 125. The number of thioether (sulfide) groups is 1. The van der Waals surface area contributed by atoms with Crippen molar-refractivity contribution in [3.8, 4) is 5.75 Å². The highest BCUT2D eigenvalue weighted by Gasteiger charge is 2.60. The summed E-state index contributed by atoms with van der Waals surface area (Å²) in [6, 6.07) is 1.64. The van der Waals surface area contributed by atoms with Crippen molar-refractivity contribution < 1.29 is 89.9 Å². The van der Waals surface area contributed by atoms with Gasteiger partial charge in [-0.15, -0.1) is 0 Å². The van der Waals surface area contributed by atoms with E-state index >= 15 is 0 Å². The standard InChI is InChI=1S/C47H66F2N6O17S/c1-25(56)52-41-34(68-27(3)58)22-47(45(64)66-6,72-43(41)42(70-29(5)60)35(69-28(4)59)23-67-26(2)57)71-33-16-15-30(21-31(33)44(48)49)53-39(63)18-17-38(62)51-20-12-8-7-11-19-50-37(61)14-10-9-13-36-40-32(24-73-36)54-46(65)55-40/h15-16,21,32,34-36,40-44H,7-14,17-20,22-24H2,1-6H3,(H,50,61)(H,51,62)(H,52,56)(H,53,63)(H2,54,55,65)/t32?,34?,35-,36?,40?,41+,42-,43?,47?/m1/s1. The summed E-state index contributed by atoms with van der Waals surface area (Å²) < 4.78 is 68.2. The van der Waals surface area contributed by atoms with Crippen LogP contribution in [0.15, 0.2) is 18.2 Å². The summed E-state index contributed by atoms with van der Waals surface area (Å²) in [5.41, 5.74) is -1.04. The van der Waals surface area contributed by atoms with Gasteiger partial charge in [-0.2, -0.15) is 11.8 Å². The van der Waals surface area contributed by atoms with Gasteiger partial charge in [-0.1, -0.05) is 19.3 Å². The number of rotatable bonds is 28. The first-order valence-corrected chi connectivity index (χ1v) is 25.0. The normalized spacial score (nSPS) is 22.7. The molecule has 3 fully saturated rings. The van der Waals surface area contributed by atoms with Gasteiger partial charge in [0, 0.05) is 83.7 Å². The highest BCUT2D eigenvalue weighted by molar-refractivity contribution is 8.00. The lowest BCUT2D eigenvalue weighted by atomic mass is 9.88. The molecule has 6 unspecified atom stereocenters. The molecule has 0 aliphatic carbocycles. The SMILES string of the molecule is COC(=O)C1(Oc2ccc(NC(=O)CCC(=O)NCCCCCCNC(=O)CCCCC3SCC4NC(=O)NC43)cc2C(F)F)CC(OC(C)=O)[C@H](NC(C)=O)C([C@H](OC(C)=O)[C@@H](COC(C)=O)OC(C)=O)O1. The van der Waals surface area contributed by atoms with Crippen molar-refractivity contribution in [3.63, 3.8) is 0 Å². The third-order valence-corrected chi connectivity index (χ3v) is 13.2. The van der Waals surface area contributed by atoms with Crippen LogP contribution in [0.1, 0.15) is 117 Å². The predicted octanol–water partition coefficient (Wildman–Crippen LogP) is 2.76. The number of urea groups is 1. The van der Waals surface area contributed by atoms with E-state index in [1.807, 2.05) is 11.8 Å². The number of benzene rings is 1. The van der Waals surface area contributed by atoms with E-state index in [-0.39, 0.29) is 42.6 Å². The minimum atomic E-state index is -3.33. The highest BCUT2D eigenvalue weighted by atomic mass is 32.2. The molecule has 3 aliphatic rings. The van der Waals surface area contributed by atoms with E-state index in [0.717, 1.165) is 104 Å². The summed E-state index contributed by atoms with van der Waals surface area (Å²) in [7, 11) is 0.893. The van der Waals surface area contributed by atoms with Gasteiger partial charge in [-0.05, 0) is 43.9 Å². The van der Waals surface area contributed by atoms with Gasteiger partial charge in [-0.25, -0.2) is 18.4 Å². The number of methoxy groups -OCH3 is 1. The fraction of sp³-hybridized carbons (Fsp3) is 0.660. The molecule has 0 bridgehead atoms. The Morgan fingerprint density at radius 2 is 1.47 bits per heavy atom. The summed E-state index contributed by atoms with van der Waals surface area (Å²) in [5.74, 6) is -9.76. The molecule has 6 amide bonds. The molecule has 3 heterocycles. The van der Waals surface area contributed by atoms with E-state index in [1.54, 1.807) is 0 Å². The van der Waals surface area contributed by atoms with Crippen LogP contribution in [0.25, 0.3) is 0 Å². The number of ether oxygens (including phenoxy) is 7. The molecule has 1 aromatic rings. The molecule has 6 N–H and O–H groups in total. The minimum Gasteiger partial charge on any atom is -0.464 e. The van der Waals surface area contributed by atoms with Crippen molar-refractivity contribution >= 4 is 77.0 Å². The van der Waals surface area contributed by atoms with Gasteiger partial charge in [0.15, 0.2) is 12.2 Å². The van der Waals surface area contributed by atoms with Crippen molar-refractivity contribution in [2.24, 2.45) is 0 Å². The third kappa shape index (κ3) is 18.9. The molecule has 73 heavy (non-hydrogen) atoms. The largest absolute Gasteiger partial charge is 0.464 e. The summed E-state index contributed by atoms with van der Waals surface area (Å²) in [6.45, 7) is 5.12. The van der Waals surface area contributed by atoms with Gasteiger partial charge in [0.05, 0.1) is 37.2 Å². The Bertz CT molecular complexity index is 2160. The number of nitrogens with one attached hydrogen (secondary N) is 6. The maximum Gasteiger partial charge on any atom is 0.379 e. The van der Waals surface area contributed by atoms with Crippen LogP contribution in [0.4, 0.5) is 19.3 Å². The summed E-state index contributed by atoms with van der Waals surface area (Å²) >= 11 is 1.85. The molecule has 3 saturated heterocycles. The monoisotopic (exact) mass is 1060 g/mol. The number of carbonyl (C=O) groups is 10. The first kappa shape index (κ1) is 59.3. The third-order valence-electron chi connectivity index (χ3n) is 11.7. The van der Waals surface area contributed by atoms with Gasteiger partial charge >= 0.3 is 41.7 Å². The number of alkyl halides is 2. The zero-order valence-electron chi connectivity index (χ0n) is 41.6. The highest BCUT2D eigenvalue weighted by Crippen LogP contribution is 2.41. The topological polar surface area (TPSA) is 307 Å². The molecule has 406 valence electrons. The lowest BCUT2D eigenvalue weighted by molar-refractivity contribution is -0.289. The quantitative estimate of drug-likeness (QED) is 0.0304. The fourth-order valence-corrected chi connectivity index (χ4v) is 10.1. The zero-order chi connectivity index (χ0) is 53.8. The van der Waals surface area contributed by atoms with Crippen LogP contribution in [-0.2, 0) is 71.6 Å². The number of hydrogen-bond donors (Lipinski definition) is 6. The second-order valence-corrected chi connectivity index (χ2v) is 18.9. The molecule has 0 aromatic heterocycles. The Hall–Kier alpha value is -6.31. The molecule has 23 nitrogen and oxygen atoms in total. The zero-order valence-corrected chi connectivity index (χ0v) is 42.5. The number of hydrogen-bond acceptors (Lipinski definition) is 18. The number of carbonyl (C=O) groups excluding carboxylic acids is 10. The van der Waals surface area contributed by atoms with Crippen LogP contribution >= 0.6 is 11.8 Å². The van der Waals surface area contributed by atoms with E-state index < -0.39 is 115 Å². The van der Waals surface area contributed by atoms with E-state index in [0.29, 0.717) is 31.2 Å². The molecule has 4 rings (SSSR count). The second kappa shape index (κ2) is 28.8. The Kier molecular flexibility index (Phi) is 23.4. The average Bonchev–Trinajstić information content (AvgIpc) is 3.87. The molecule has 0 saturated carbocycles. The smallest absolute Gasteiger partial charge is 0.379 e. The van der Waals surface area contributed by atoms with E-state index in [4.69, 9.17) is 33.2 Å². The van der Waals surface area contributed by atoms with Crippen LogP contribution in [0.2, 0.25) is 0 Å².